The Morgan fingerprint density at radius 3 is 3.05 bits per heavy atom. The molecule has 1 aromatic rings. The van der Waals surface area contributed by atoms with Gasteiger partial charge in [-0.25, -0.2) is 0 Å². The van der Waals surface area contributed by atoms with Gasteiger partial charge in [0.15, 0.2) is 0 Å². The number of carbonyl (C=O) groups excluding carboxylic acids is 1. The summed E-state index contributed by atoms with van der Waals surface area (Å²) in [5.41, 5.74) is 7.06. The van der Waals surface area contributed by atoms with Gasteiger partial charge in [-0.15, -0.1) is 0 Å². The van der Waals surface area contributed by atoms with Gasteiger partial charge in [0.1, 0.15) is 17.9 Å². The van der Waals surface area contributed by atoms with Crippen molar-refractivity contribution in [3.8, 4) is 5.75 Å². The summed E-state index contributed by atoms with van der Waals surface area (Å²) in [5, 5.41) is 22.0. The highest BCUT2D eigenvalue weighted by Gasteiger charge is 2.30. The molecule has 1 aliphatic heterocycles. The third-order valence-electron chi connectivity index (χ3n) is 3.48. The Balaban J connectivity index is 2.19. The number of aryl methyl sites for hydroxylation is 1. The average molecular weight is 280 g/mol. The summed E-state index contributed by atoms with van der Waals surface area (Å²) in [6.45, 7) is 1.88. The monoisotopic (exact) mass is 280 g/mol. The Hall–Kier alpha value is -1.63. The highest BCUT2D eigenvalue weighted by molar-refractivity contribution is 5.82. The number of para-hydroxylation sites is 1. The van der Waals surface area contributed by atoms with Crippen molar-refractivity contribution in [3.63, 3.8) is 0 Å². The Kier molecular flexibility index (Phi) is 4.59. The lowest BCUT2D eigenvalue weighted by Gasteiger charge is -2.23. The average Bonchev–Trinajstić information content (AvgIpc) is 2.60. The van der Waals surface area contributed by atoms with Gasteiger partial charge >= 0.3 is 0 Å². The lowest BCUT2D eigenvalue weighted by molar-refractivity contribution is -0.124. The first-order valence-electron chi connectivity index (χ1n) is 6.61. The largest absolute Gasteiger partial charge is 0.493 e. The van der Waals surface area contributed by atoms with Crippen LogP contribution in [0.25, 0.3) is 0 Å². The number of benzene rings is 1. The molecule has 1 aliphatic rings. The summed E-state index contributed by atoms with van der Waals surface area (Å²) in [5.74, 6) is 0.191. The van der Waals surface area contributed by atoms with Gasteiger partial charge in [-0.2, -0.15) is 0 Å². The highest BCUT2D eigenvalue weighted by Crippen LogP contribution is 2.34. The van der Waals surface area contributed by atoms with E-state index < -0.39 is 30.7 Å². The lowest BCUT2D eigenvalue weighted by Crippen LogP contribution is -2.49. The van der Waals surface area contributed by atoms with E-state index >= 15 is 0 Å². The summed E-state index contributed by atoms with van der Waals surface area (Å²) >= 11 is 0. The van der Waals surface area contributed by atoms with Gasteiger partial charge in [-0.05, 0) is 12.5 Å². The SMILES string of the molecule is Cc1cccc2c1OCCC(NC(=O)C(N)CO)C2O. The van der Waals surface area contributed by atoms with Crippen LogP contribution in [0.5, 0.6) is 5.75 Å². The Bertz CT molecular complexity index is 492. The molecule has 110 valence electrons. The zero-order chi connectivity index (χ0) is 14.7. The summed E-state index contributed by atoms with van der Waals surface area (Å²) < 4.78 is 5.66. The molecule has 0 saturated heterocycles. The molecule has 0 saturated carbocycles. The predicted octanol–water partition coefficient (Wildman–Crippen LogP) is -0.385. The number of aliphatic hydroxyl groups excluding tert-OH is 2. The molecule has 1 amide bonds. The molecular weight excluding hydrogens is 260 g/mol. The second kappa shape index (κ2) is 6.21. The molecule has 2 rings (SSSR count). The quantitative estimate of drug-likeness (QED) is 0.604. The van der Waals surface area contributed by atoms with Gasteiger partial charge in [-0.3, -0.25) is 4.79 Å². The molecule has 0 spiro atoms. The molecule has 1 aromatic carbocycles. The molecule has 20 heavy (non-hydrogen) atoms. The number of nitrogens with two attached hydrogens (primary N) is 1. The molecule has 0 radical (unpaired) electrons. The van der Waals surface area contributed by atoms with E-state index in [2.05, 4.69) is 5.32 Å². The topological polar surface area (TPSA) is 105 Å². The van der Waals surface area contributed by atoms with Crippen molar-refractivity contribution in [2.45, 2.75) is 31.5 Å². The Labute approximate surface area is 117 Å². The molecular formula is C14H20N2O4. The summed E-state index contributed by atoms with van der Waals surface area (Å²) in [4.78, 5) is 11.7. The van der Waals surface area contributed by atoms with Gasteiger partial charge in [0.2, 0.25) is 5.91 Å². The number of hydrogen-bond donors (Lipinski definition) is 4. The van der Waals surface area contributed by atoms with E-state index in [-0.39, 0.29) is 0 Å². The number of amides is 1. The normalized spacial score (nSPS) is 23.2. The number of ether oxygens (including phenoxy) is 1. The predicted molar refractivity (Wildman–Crippen MR) is 73.2 cm³/mol. The van der Waals surface area contributed by atoms with Crippen molar-refractivity contribution < 1.29 is 19.7 Å². The standard InChI is InChI=1S/C14H20N2O4/c1-8-3-2-4-9-12(18)11(5-6-20-13(8)9)16-14(19)10(15)7-17/h2-4,10-12,17-18H,5-7,15H2,1H3,(H,16,19). The minimum atomic E-state index is -0.983. The summed E-state index contributed by atoms with van der Waals surface area (Å²) in [6, 6.07) is 4.06. The molecule has 0 bridgehead atoms. The summed E-state index contributed by atoms with van der Waals surface area (Å²) in [6.07, 6.45) is -0.388. The van der Waals surface area contributed by atoms with Crippen LogP contribution in [0.1, 0.15) is 23.7 Å². The number of nitrogens with one attached hydrogen (secondary N) is 1. The van der Waals surface area contributed by atoms with Crippen LogP contribution in [-0.2, 0) is 4.79 Å². The Morgan fingerprint density at radius 2 is 2.35 bits per heavy atom. The first-order valence-corrected chi connectivity index (χ1v) is 6.61. The number of rotatable bonds is 3. The molecule has 3 atom stereocenters. The van der Waals surface area contributed by atoms with Crippen molar-refractivity contribution in [2.75, 3.05) is 13.2 Å². The highest BCUT2D eigenvalue weighted by atomic mass is 16.5. The van der Waals surface area contributed by atoms with E-state index in [9.17, 15) is 9.90 Å². The molecule has 6 nitrogen and oxygen atoms in total. The minimum absolute atomic E-state index is 0.397. The number of aliphatic hydroxyl groups is 2. The van der Waals surface area contributed by atoms with Crippen molar-refractivity contribution in [2.24, 2.45) is 5.73 Å². The molecule has 0 aliphatic carbocycles. The van der Waals surface area contributed by atoms with Gasteiger partial charge in [0.05, 0.1) is 19.3 Å². The fourth-order valence-electron chi connectivity index (χ4n) is 2.29. The van der Waals surface area contributed by atoms with E-state index in [1.807, 2.05) is 19.1 Å². The van der Waals surface area contributed by atoms with Gasteiger partial charge in [0, 0.05) is 12.0 Å². The maximum Gasteiger partial charge on any atom is 0.239 e. The zero-order valence-electron chi connectivity index (χ0n) is 11.4. The zero-order valence-corrected chi connectivity index (χ0v) is 11.4. The molecule has 5 N–H and O–H groups in total. The van der Waals surface area contributed by atoms with Crippen LogP contribution < -0.4 is 15.8 Å². The first-order chi connectivity index (χ1) is 9.54. The van der Waals surface area contributed by atoms with Crippen LogP contribution in [-0.4, -0.2) is 41.4 Å². The maximum atomic E-state index is 11.7. The van der Waals surface area contributed by atoms with E-state index in [0.29, 0.717) is 24.3 Å². The fourth-order valence-corrected chi connectivity index (χ4v) is 2.29. The smallest absolute Gasteiger partial charge is 0.239 e. The molecule has 0 fully saturated rings. The lowest BCUT2D eigenvalue weighted by atomic mass is 9.98. The summed E-state index contributed by atoms with van der Waals surface area (Å²) in [7, 11) is 0. The van der Waals surface area contributed by atoms with Crippen LogP contribution in [0.3, 0.4) is 0 Å². The third-order valence-corrected chi connectivity index (χ3v) is 3.48. The van der Waals surface area contributed by atoms with Crippen LogP contribution in [0.2, 0.25) is 0 Å². The minimum Gasteiger partial charge on any atom is -0.493 e. The molecule has 3 unspecified atom stereocenters. The van der Waals surface area contributed by atoms with Crippen molar-refractivity contribution in [1.29, 1.82) is 0 Å². The van der Waals surface area contributed by atoms with Crippen molar-refractivity contribution in [1.82, 2.24) is 5.32 Å². The van der Waals surface area contributed by atoms with E-state index in [1.165, 1.54) is 0 Å². The first kappa shape index (κ1) is 14.8. The number of carbonyl (C=O) groups is 1. The van der Waals surface area contributed by atoms with Crippen molar-refractivity contribution in [3.05, 3.63) is 29.3 Å². The second-order valence-corrected chi connectivity index (χ2v) is 4.98. The maximum absolute atomic E-state index is 11.7. The second-order valence-electron chi connectivity index (χ2n) is 4.98. The van der Waals surface area contributed by atoms with Gasteiger partial charge < -0.3 is 26.0 Å². The van der Waals surface area contributed by atoms with Crippen LogP contribution >= 0.6 is 0 Å². The van der Waals surface area contributed by atoms with Crippen LogP contribution in [0.4, 0.5) is 0 Å². The Morgan fingerprint density at radius 1 is 1.60 bits per heavy atom. The van der Waals surface area contributed by atoms with Gasteiger partial charge in [0.25, 0.3) is 0 Å². The van der Waals surface area contributed by atoms with Crippen molar-refractivity contribution >= 4 is 5.91 Å². The molecule has 6 heteroatoms. The van der Waals surface area contributed by atoms with Gasteiger partial charge in [-0.1, -0.05) is 18.2 Å². The fraction of sp³-hybridized carbons (Fsp3) is 0.500. The van der Waals surface area contributed by atoms with Crippen LogP contribution in [0, 0.1) is 6.92 Å². The van der Waals surface area contributed by atoms with E-state index in [4.69, 9.17) is 15.6 Å². The van der Waals surface area contributed by atoms with E-state index in [1.54, 1.807) is 6.07 Å². The van der Waals surface area contributed by atoms with E-state index in [0.717, 1.165) is 5.56 Å². The number of hydrogen-bond acceptors (Lipinski definition) is 5. The molecule has 0 aromatic heterocycles. The number of fused-ring (bicyclic) bond motifs is 1. The third kappa shape index (κ3) is 2.92. The van der Waals surface area contributed by atoms with Crippen LogP contribution in [0.15, 0.2) is 18.2 Å². The molecule has 1 heterocycles.